The first-order valence-corrected chi connectivity index (χ1v) is 8.56. The van der Waals surface area contributed by atoms with Gasteiger partial charge in [-0.1, -0.05) is 24.3 Å². The number of alkyl halides is 2. The second kappa shape index (κ2) is 8.47. The van der Waals surface area contributed by atoms with Gasteiger partial charge < -0.3 is 4.74 Å². The lowest BCUT2D eigenvalue weighted by molar-refractivity contribution is -0.120. The first-order chi connectivity index (χ1) is 13.5. The van der Waals surface area contributed by atoms with Crippen LogP contribution in [0.15, 0.2) is 53.3 Å². The largest absolute Gasteiger partial charge is 0.435 e. The van der Waals surface area contributed by atoms with Gasteiger partial charge in [0.05, 0.1) is 17.3 Å². The van der Waals surface area contributed by atoms with E-state index >= 15 is 0 Å². The summed E-state index contributed by atoms with van der Waals surface area (Å²) in [7, 11) is 0. The fourth-order valence-electron chi connectivity index (χ4n) is 2.70. The quantitative estimate of drug-likeness (QED) is 0.608. The van der Waals surface area contributed by atoms with Gasteiger partial charge in [0.2, 0.25) is 11.9 Å². The van der Waals surface area contributed by atoms with E-state index in [1.165, 1.54) is 28.8 Å². The summed E-state index contributed by atoms with van der Waals surface area (Å²) in [6, 6.07) is 12.7. The Hall–Kier alpha value is -3.49. The number of nitrogens with one attached hydrogen (secondary N) is 2. The van der Waals surface area contributed by atoms with E-state index in [9.17, 15) is 18.4 Å². The van der Waals surface area contributed by atoms with Gasteiger partial charge in [-0.05, 0) is 36.8 Å². The third kappa shape index (κ3) is 4.43. The minimum Gasteiger partial charge on any atom is -0.435 e. The smallest absolute Gasteiger partial charge is 0.387 e. The first kappa shape index (κ1) is 19.3. The molecule has 0 fully saturated rings. The first-order valence-electron chi connectivity index (χ1n) is 8.56. The van der Waals surface area contributed by atoms with Crippen LogP contribution in [0.5, 0.6) is 5.75 Å². The maximum Gasteiger partial charge on any atom is 0.387 e. The molecule has 0 atom stereocenters. The Morgan fingerprint density at radius 1 is 1.18 bits per heavy atom. The normalized spacial score (nSPS) is 10.9. The van der Waals surface area contributed by atoms with E-state index in [0.29, 0.717) is 23.0 Å². The zero-order valence-electron chi connectivity index (χ0n) is 15.0. The Labute approximate surface area is 158 Å². The van der Waals surface area contributed by atoms with E-state index in [-0.39, 0.29) is 29.6 Å². The molecule has 1 heterocycles. The van der Waals surface area contributed by atoms with E-state index in [4.69, 9.17) is 0 Å². The topological polar surface area (TPSA) is 85.2 Å². The van der Waals surface area contributed by atoms with E-state index < -0.39 is 6.61 Å². The van der Waals surface area contributed by atoms with Gasteiger partial charge in [0.1, 0.15) is 5.75 Å². The number of fused-ring (bicyclic) bond motifs is 1. The Morgan fingerprint density at radius 2 is 1.89 bits per heavy atom. The lowest BCUT2D eigenvalue weighted by Crippen LogP contribution is -2.35. The monoisotopic (exact) mass is 388 g/mol. The van der Waals surface area contributed by atoms with Crippen molar-refractivity contribution < 1.29 is 18.3 Å². The van der Waals surface area contributed by atoms with Crippen LogP contribution in [0.1, 0.15) is 12.5 Å². The number of nitrogens with zero attached hydrogens (tertiary/aromatic N) is 2. The molecule has 0 saturated heterocycles. The number of ether oxygens (including phenoxy) is 1. The zero-order valence-corrected chi connectivity index (χ0v) is 15.0. The van der Waals surface area contributed by atoms with Crippen LogP contribution >= 0.6 is 0 Å². The molecule has 0 unspecified atom stereocenters. The average molecular weight is 388 g/mol. The Balaban J connectivity index is 1.68. The molecule has 0 aliphatic rings. The molecule has 0 saturated carbocycles. The molecular weight excluding hydrogens is 370 g/mol. The summed E-state index contributed by atoms with van der Waals surface area (Å²) in [6.07, 6.45) is 0.00585. The van der Waals surface area contributed by atoms with Crippen LogP contribution < -0.4 is 21.1 Å². The number of aromatic nitrogens is 2. The Bertz CT molecular complexity index is 1040. The summed E-state index contributed by atoms with van der Waals surface area (Å²) >= 11 is 0. The molecule has 7 nitrogen and oxygen atoms in total. The number of hydrogen-bond acceptors (Lipinski definition) is 5. The zero-order chi connectivity index (χ0) is 20.1. The molecule has 0 aliphatic carbocycles. The van der Waals surface area contributed by atoms with Crippen molar-refractivity contribution in [2.75, 3.05) is 5.43 Å². The van der Waals surface area contributed by atoms with E-state index in [0.717, 1.165) is 0 Å². The summed E-state index contributed by atoms with van der Waals surface area (Å²) in [5.74, 6) is -0.141. The molecule has 9 heteroatoms. The number of rotatable bonds is 7. The van der Waals surface area contributed by atoms with Gasteiger partial charge in [0.15, 0.2) is 0 Å². The average Bonchev–Trinajstić information content (AvgIpc) is 2.68. The minimum atomic E-state index is -2.90. The van der Waals surface area contributed by atoms with Crippen LogP contribution in [0.25, 0.3) is 10.9 Å². The number of para-hydroxylation sites is 1. The molecule has 1 amide bonds. The van der Waals surface area contributed by atoms with Crippen molar-refractivity contribution in [1.82, 2.24) is 15.0 Å². The van der Waals surface area contributed by atoms with Crippen LogP contribution in [-0.2, 0) is 17.8 Å². The van der Waals surface area contributed by atoms with Crippen molar-refractivity contribution >= 4 is 22.8 Å². The van der Waals surface area contributed by atoms with E-state index in [2.05, 4.69) is 20.6 Å². The van der Waals surface area contributed by atoms with Crippen LogP contribution in [0.3, 0.4) is 0 Å². The number of anilines is 1. The van der Waals surface area contributed by atoms with Gasteiger partial charge in [0.25, 0.3) is 5.56 Å². The molecular formula is C19H18F2N4O3. The van der Waals surface area contributed by atoms with Crippen LogP contribution in [0, 0.1) is 0 Å². The molecule has 0 radical (unpaired) electrons. The summed E-state index contributed by atoms with van der Waals surface area (Å²) < 4.78 is 30.0. The molecule has 3 rings (SSSR count). The number of hydrazine groups is 1. The lowest BCUT2D eigenvalue weighted by atomic mass is 10.1. The lowest BCUT2D eigenvalue weighted by Gasteiger charge is -2.14. The van der Waals surface area contributed by atoms with Crippen molar-refractivity contribution in [3.63, 3.8) is 0 Å². The van der Waals surface area contributed by atoms with Crippen molar-refractivity contribution in [3.8, 4) is 5.75 Å². The van der Waals surface area contributed by atoms with Crippen LogP contribution in [0.4, 0.5) is 14.7 Å². The summed E-state index contributed by atoms with van der Waals surface area (Å²) in [5, 5.41) is 0.493. The van der Waals surface area contributed by atoms with Gasteiger partial charge in [-0.2, -0.15) is 8.78 Å². The number of hydrogen-bond donors (Lipinski definition) is 2. The molecule has 1 aromatic heterocycles. The van der Waals surface area contributed by atoms with E-state index in [1.54, 1.807) is 31.2 Å². The number of carbonyl (C=O) groups excluding carboxylic acids is 1. The van der Waals surface area contributed by atoms with E-state index in [1.807, 2.05) is 0 Å². The number of benzene rings is 2. The Kier molecular flexibility index (Phi) is 5.83. The van der Waals surface area contributed by atoms with Gasteiger partial charge in [-0.25, -0.2) is 4.98 Å². The second-order valence-corrected chi connectivity index (χ2v) is 5.87. The molecule has 0 spiro atoms. The highest BCUT2D eigenvalue weighted by molar-refractivity contribution is 5.81. The highest BCUT2D eigenvalue weighted by atomic mass is 19.3. The Morgan fingerprint density at radius 3 is 2.57 bits per heavy atom. The van der Waals surface area contributed by atoms with Gasteiger partial charge in [0, 0.05) is 6.54 Å². The van der Waals surface area contributed by atoms with Crippen molar-refractivity contribution in [3.05, 3.63) is 64.4 Å². The third-order valence-corrected chi connectivity index (χ3v) is 4.00. The predicted molar refractivity (Wildman–Crippen MR) is 100 cm³/mol. The molecule has 2 N–H and O–H groups in total. The predicted octanol–water partition coefficient (Wildman–Crippen LogP) is 2.70. The van der Waals surface area contributed by atoms with Crippen molar-refractivity contribution in [2.24, 2.45) is 0 Å². The second-order valence-electron chi connectivity index (χ2n) is 5.87. The maximum atomic E-state index is 12.5. The third-order valence-electron chi connectivity index (χ3n) is 4.00. The summed E-state index contributed by atoms with van der Waals surface area (Å²) in [4.78, 5) is 29.1. The summed E-state index contributed by atoms with van der Waals surface area (Å²) in [6.45, 7) is -0.724. The number of carbonyl (C=O) groups is 1. The number of amides is 1. The van der Waals surface area contributed by atoms with Crippen molar-refractivity contribution in [1.29, 1.82) is 0 Å². The van der Waals surface area contributed by atoms with Gasteiger partial charge in [-0.15, -0.1) is 0 Å². The molecule has 0 bridgehead atoms. The molecule has 28 heavy (non-hydrogen) atoms. The highest BCUT2D eigenvalue weighted by Gasteiger charge is 2.11. The van der Waals surface area contributed by atoms with Gasteiger partial charge in [-0.3, -0.25) is 25.0 Å². The molecule has 3 aromatic rings. The number of halogens is 2. The van der Waals surface area contributed by atoms with Crippen molar-refractivity contribution in [2.45, 2.75) is 26.5 Å². The van der Waals surface area contributed by atoms with Gasteiger partial charge >= 0.3 is 6.61 Å². The SMILES string of the molecule is CCn1c(NNC(=O)Cc2ccc(OC(F)F)cc2)nc2ccccc2c1=O. The van der Waals surface area contributed by atoms with Crippen LogP contribution in [0.2, 0.25) is 0 Å². The highest BCUT2D eigenvalue weighted by Crippen LogP contribution is 2.15. The molecule has 0 aliphatic heterocycles. The fraction of sp³-hybridized carbons (Fsp3) is 0.211. The summed E-state index contributed by atoms with van der Waals surface area (Å²) in [5.41, 5.74) is 6.10. The minimum absolute atomic E-state index is 0.00585. The maximum absolute atomic E-state index is 12.5. The van der Waals surface area contributed by atoms with Crippen LogP contribution in [-0.4, -0.2) is 22.1 Å². The standard InChI is InChI=1S/C19H18F2N4O3/c1-2-25-17(27)14-5-3-4-6-15(14)22-19(25)24-23-16(26)11-12-7-9-13(10-8-12)28-18(20)21/h3-10,18H,2,11H2,1H3,(H,22,24)(H,23,26). The molecule has 2 aromatic carbocycles. The molecule has 146 valence electrons. The fourth-order valence-corrected chi connectivity index (χ4v) is 2.70.